The highest BCUT2D eigenvalue weighted by atomic mass is 16.5. The maximum atomic E-state index is 10.2. The van der Waals surface area contributed by atoms with Crippen LogP contribution in [0.2, 0.25) is 0 Å². The summed E-state index contributed by atoms with van der Waals surface area (Å²) in [7, 11) is 3.32. The molecule has 0 bridgehead atoms. The molecule has 1 aromatic rings. The van der Waals surface area contributed by atoms with E-state index in [0.29, 0.717) is 5.57 Å². The van der Waals surface area contributed by atoms with Gasteiger partial charge in [-0.15, -0.1) is 0 Å². The minimum atomic E-state index is -0.203. The first-order chi connectivity index (χ1) is 13.9. The maximum absolute atomic E-state index is 10.2. The van der Waals surface area contributed by atoms with Gasteiger partial charge in [-0.2, -0.15) is 5.26 Å². The van der Waals surface area contributed by atoms with E-state index in [4.69, 9.17) is 9.47 Å². The fourth-order valence-electron chi connectivity index (χ4n) is 4.94. The van der Waals surface area contributed by atoms with Crippen LogP contribution in [-0.4, -0.2) is 42.4 Å². The number of benzene rings is 1. The van der Waals surface area contributed by atoms with Crippen molar-refractivity contribution in [3.63, 3.8) is 0 Å². The number of phenolic OH excluding ortho intramolecular Hbond substituents is 1. The highest BCUT2D eigenvalue weighted by molar-refractivity contribution is 5.85. The molecule has 3 atom stereocenters. The summed E-state index contributed by atoms with van der Waals surface area (Å²) in [6.07, 6.45) is 4.81. The Morgan fingerprint density at radius 1 is 1.24 bits per heavy atom. The summed E-state index contributed by atoms with van der Waals surface area (Å²) in [6.45, 7) is 6.33. The van der Waals surface area contributed by atoms with E-state index in [1.807, 2.05) is 19.1 Å². The van der Waals surface area contributed by atoms with E-state index in [0.717, 1.165) is 40.2 Å². The van der Waals surface area contributed by atoms with E-state index in [9.17, 15) is 10.4 Å². The molecule has 5 heteroatoms. The van der Waals surface area contributed by atoms with Crippen molar-refractivity contribution in [2.75, 3.05) is 14.2 Å². The fourth-order valence-corrected chi connectivity index (χ4v) is 4.94. The van der Waals surface area contributed by atoms with Crippen molar-refractivity contribution in [3.8, 4) is 11.8 Å². The predicted molar refractivity (Wildman–Crippen MR) is 112 cm³/mol. The van der Waals surface area contributed by atoms with Gasteiger partial charge in [0.1, 0.15) is 23.7 Å². The number of allylic oxidation sites excluding steroid dienone is 3. The van der Waals surface area contributed by atoms with Crippen molar-refractivity contribution in [2.24, 2.45) is 0 Å². The quantitative estimate of drug-likeness (QED) is 0.837. The normalized spacial score (nSPS) is 25.9. The van der Waals surface area contributed by atoms with Gasteiger partial charge >= 0.3 is 0 Å². The molecule has 2 heterocycles. The standard InChI is InChI=1S/C24H26N2O3/c1-13-8-17(27)6-7-18(13)23-15(3)26-14(2)9-16-10-21(28-4)22(29-5)11-19(16)24(26)20(23)12-25/h6-8,10-11,14-15,21,27H,9H2,1-5H3. The second-order valence-corrected chi connectivity index (χ2v) is 7.90. The highest BCUT2D eigenvalue weighted by Crippen LogP contribution is 2.49. The van der Waals surface area contributed by atoms with E-state index in [-0.39, 0.29) is 23.9 Å². The lowest BCUT2D eigenvalue weighted by Gasteiger charge is -2.40. The molecule has 0 spiro atoms. The Balaban J connectivity index is 1.98. The van der Waals surface area contributed by atoms with E-state index < -0.39 is 0 Å². The predicted octanol–water partition coefficient (Wildman–Crippen LogP) is 4.21. The van der Waals surface area contributed by atoms with Gasteiger partial charge in [-0.3, -0.25) is 0 Å². The summed E-state index contributed by atoms with van der Waals surface area (Å²) >= 11 is 0. The average molecular weight is 390 g/mol. The van der Waals surface area contributed by atoms with E-state index in [1.54, 1.807) is 26.4 Å². The molecular weight excluding hydrogens is 364 g/mol. The summed E-state index contributed by atoms with van der Waals surface area (Å²) in [6, 6.07) is 8.15. The summed E-state index contributed by atoms with van der Waals surface area (Å²) in [5, 5.41) is 20.0. The van der Waals surface area contributed by atoms with Crippen molar-refractivity contribution in [2.45, 2.75) is 45.4 Å². The number of phenols is 1. The lowest BCUT2D eigenvalue weighted by Crippen LogP contribution is -2.40. The maximum Gasteiger partial charge on any atom is 0.133 e. The summed E-state index contributed by atoms with van der Waals surface area (Å²) in [5.41, 5.74) is 6.89. The zero-order valence-corrected chi connectivity index (χ0v) is 17.5. The van der Waals surface area contributed by atoms with Crippen LogP contribution in [0.1, 0.15) is 31.4 Å². The number of fused-ring (bicyclic) bond motifs is 2. The van der Waals surface area contributed by atoms with Crippen LogP contribution < -0.4 is 0 Å². The second-order valence-electron chi connectivity index (χ2n) is 7.90. The van der Waals surface area contributed by atoms with Gasteiger partial charge in [0, 0.05) is 24.3 Å². The van der Waals surface area contributed by atoms with Gasteiger partial charge in [0.15, 0.2) is 0 Å². The van der Waals surface area contributed by atoms with Gasteiger partial charge in [0.2, 0.25) is 0 Å². The van der Waals surface area contributed by atoms with Gasteiger partial charge in [-0.05, 0) is 68.2 Å². The number of ether oxygens (including phenoxy) is 2. The van der Waals surface area contributed by atoms with Crippen LogP contribution in [0.15, 0.2) is 58.5 Å². The monoisotopic (exact) mass is 390 g/mol. The molecular formula is C24H26N2O3. The number of rotatable bonds is 3. The molecule has 0 saturated heterocycles. The number of aromatic hydroxyl groups is 1. The fraction of sp³-hybridized carbons (Fsp3) is 0.375. The SMILES string of the molecule is COC1=CC2=C3C(C#N)=C(c4ccc(O)cc4C)C(C)N3C(C)CC2=CC1OC. The molecule has 29 heavy (non-hydrogen) atoms. The first kappa shape index (κ1) is 19.4. The molecule has 3 unspecified atom stereocenters. The van der Waals surface area contributed by atoms with E-state index in [2.05, 4.69) is 30.9 Å². The molecule has 3 aliphatic rings. The number of hydrogen-bond donors (Lipinski definition) is 1. The van der Waals surface area contributed by atoms with Gasteiger partial charge in [0.05, 0.1) is 24.4 Å². The van der Waals surface area contributed by atoms with Gasteiger partial charge in [0.25, 0.3) is 0 Å². The smallest absolute Gasteiger partial charge is 0.133 e. The summed E-state index contributed by atoms with van der Waals surface area (Å²) < 4.78 is 11.1. The van der Waals surface area contributed by atoms with Crippen molar-refractivity contribution in [3.05, 3.63) is 69.7 Å². The topological polar surface area (TPSA) is 65.7 Å². The summed E-state index contributed by atoms with van der Waals surface area (Å²) in [4.78, 5) is 2.35. The molecule has 1 N–H and O–H groups in total. The van der Waals surface area contributed by atoms with Crippen LogP contribution in [0.5, 0.6) is 5.75 Å². The number of hydrogen-bond acceptors (Lipinski definition) is 5. The van der Waals surface area contributed by atoms with Crippen LogP contribution >= 0.6 is 0 Å². The van der Waals surface area contributed by atoms with Crippen LogP contribution in [0, 0.1) is 18.3 Å². The average Bonchev–Trinajstić information content (AvgIpc) is 3.00. The van der Waals surface area contributed by atoms with Crippen molar-refractivity contribution >= 4 is 5.57 Å². The molecule has 1 aromatic carbocycles. The minimum absolute atomic E-state index is 0.0616. The molecule has 0 fully saturated rings. The third kappa shape index (κ3) is 2.87. The largest absolute Gasteiger partial charge is 0.508 e. The van der Waals surface area contributed by atoms with Crippen molar-refractivity contribution in [1.82, 2.24) is 4.90 Å². The highest BCUT2D eigenvalue weighted by Gasteiger charge is 2.43. The molecule has 0 aromatic heterocycles. The molecule has 0 amide bonds. The Labute approximate surface area is 171 Å². The van der Waals surface area contributed by atoms with E-state index >= 15 is 0 Å². The number of nitriles is 1. The molecule has 0 radical (unpaired) electrons. The van der Waals surface area contributed by atoms with Gasteiger partial charge in [-0.25, -0.2) is 0 Å². The molecule has 4 rings (SSSR count). The zero-order valence-electron chi connectivity index (χ0n) is 17.5. The van der Waals surface area contributed by atoms with Gasteiger partial charge in [-0.1, -0.05) is 6.07 Å². The third-order valence-electron chi connectivity index (χ3n) is 6.21. The Hall–Kier alpha value is -2.97. The van der Waals surface area contributed by atoms with Crippen LogP contribution in [-0.2, 0) is 9.47 Å². The molecule has 2 aliphatic heterocycles. The van der Waals surface area contributed by atoms with Crippen LogP contribution in [0.25, 0.3) is 5.57 Å². The Morgan fingerprint density at radius 2 is 2.00 bits per heavy atom. The molecule has 150 valence electrons. The Bertz CT molecular complexity index is 1040. The second kappa shape index (κ2) is 7.13. The lowest BCUT2D eigenvalue weighted by molar-refractivity contribution is 0.107. The first-order valence-electron chi connectivity index (χ1n) is 9.87. The minimum Gasteiger partial charge on any atom is -0.508 e. The first-order valence-corrected chi connectivity index (χ1v) is 9.87. The Kier molecular flexibility index (Phi) is 4.76. The molecule has 5 nitrogen and oxygen atoms in total. The van der Waals surface area contributed by atoms with Crippen LogP contribution in [0.3, 0.4) is 0 Å². The number of nitrogens with zero attached hydrogens (tertiary/aromatic N) is 2. The molecule has 0 saturated carbocycles. The van der Waals surface area contributed by atoms with E-state index in [1.165, 1.54) is 5.57 Å². The summed E-state index contributed by atoms with van der Waals surface area (Å²) in [5.74, 6) is 0.979. The Morgan fingerprint density at radius 3 is 2.62 bits per heavy atom. The van der Waals surface area contributed by atoms with Crippen LogP contribution in [0.4, 0.5) is 0 Å². The zero-order chi connectivity index (χ0) is 20.9. The molecule has 1 aliphatic carbocycles. The third-order valence-corrected chi connectivity index (χ3v) is 6.21. The van der Waals surface area contributed by atoms with Crippen molar-refractivity contribution < 1.29 is 14.6 Å². The lowest BCUT2D eigenvalue weighted by atomic mass is 9.85. The number of aryl methyl sites for hydroxylation is 1. The van der Waals surface area contributed by atoms with Gasteiger partial charge < -0.3 is 19.5 Å². The number of methoxy groups -OCH3 is 2. The van der Waals surface area contributed by atoms with Crippen molar-refractivity contribution in [1.29, 1.82) is 5.26 Å².